The summed E-state index contributed by atoms with van der Waals surface area (Å²) in [7, 11) is 0. The molecule has 0 saturated heterocycles. The van der Waals surface area contributed by atoms with Crippen LogP contribution < -0.4 is 15.8 Å². The molecule has 0 radical (unpaired) electrons. The van der Waals surface area contributed by atoms with Crippen molar-refractivity contribution in [3.05, 3.63) is 64.2 Å². The maximum Gasteiger partial charge on any atom is 0.207 e. The number of hydrogen-bond acceptors (Lipinski definition) is 3. The van der Waals surface area contributed by atoms with Crippen LogP contribution in [0.15, 0.2) is 42.5 Å². The minimum absolute atomic E-state index is 0. The molecule has 0 bridgehead atoms. The monoisotopic (exact) mass is 394 g/mol. The van der Waals surface area contributed by atoms with Crippen molar-refractivity contribution in [1.29, 1.82) is 0 Å². The molecule has 1 aliphatic rings. The van der Waals surface area contributed by atoms with Gasteiger partial charge in [0.25, 0.3) is 0 Å². The lowest BCUT2D eigenvalue weighted by molar-refractivity contribution is -0.109. The van der Waals surface area contributed by atoms with E-state index in [0.717, 1.165) is 30.0 Å². The van der Waals surface area contributed by atoms with Crippen molar-refractivity contribution in [2.24, 2.45) is 5.73 Å². The number of fused-ring (bicyclic) bond motifs is 1. The molecule has 0 saturated carbocycles. The third-order valence-electron chi connectivity index (χ3n) is 4.75. The third kappa shape index (κ3) is 5.13. The number of nitrogens with two attached hydrogens (primary N) is 1. The predicted molar refractivity (Wildman–Crippen MR) is 107 cm³/mol. The van der Waals surface area contributed by atoms with Gasteiger partial charge in [0.15, 0.2) is 0 Å². The lowest BCUT2D eigenvalue weighted by Gasteiger charge is -2.32. The van der Waals surface area contributed by atoms with Gasteiger partial charge in [-0.05, 0) is 60.2 Å². The van der Waals surface area contributed by atoms with Crippen LogP contribution in [-0.2, 0) is 17.6 Å². The number of amides is 1. The first kappa shape index (κ1) is 20.6. The molecule has 2 aromatic carbocycles. The summed E-state index contributed by atoms with van der Waals surface area (Å²) in [5, 5.41) is 3.34. The van der Waals surface area contributed by atoms with Crippen molar-refractivity contribution in [1.82, 2.24) is 5.32 Å². The Morgan fingerprint density at radius 1 is 1.23 bits per heavy atom. The van der Waals surface area contributed by atoms with Gasteiger partial charge < -0.3 is 15.8 Å². The van der Waals surface area contributed by atoms with Gasteiger partial charge in [0.05, 0.1) is 6.54 Å². The molecule has 2 atom stereocenters. The topological polar surface area (TPSA) is 64.3 Å². The number of hydrogen-bond donors (Lipinski definition) is 2. The Bertz CT molecular complexity index is 722. The smallest absolute Gasteiger partial charge is 0.207 e. The fourth-order valence-electron chi connectivity index (χ4n) is 3.41. The first-order valence-electron chi connectivity index (χ1n) is 8.60. The molecule has 2 unspecified atom stereocenters. The molecule has 0 heterocycles. The molecule has 0 spiro atoms. The number of carbonyl (C=O) groups excluding carboxylic acids is 1. The van der Waals surface area contributed by atoms with Crippen LogP contribution in [0.25, 0.3) is 0 Å². The van der Waals surface area contributed by atoms with Crippen LogP contribution in [0.4, 0.5) is 0 Å². The van der Waals surface area contributed by atoms with Gasteiger partial charge in [-0.3, -0.25) is 4.79 Å². The van der Waals surface area contributed by atoms with E-state index in [1.165, 1.54) is 16.7 Å². The number of ether oxygens (including phenoxy) is 1. The maximum absolute atomic E-state index is 10.3. The second kappa shape index (κ2) is 9.81. The second-order valence-electron chi connectivity index (χ2n) is 6.42. The summed E-state index contributed by atoms with van der Waals surface area (Å²) in [6, 6.07) is 14.3. The molecule has 3 rings (SSSR count). The molecule has 4 nitrogen and oxygen atoms in total. The van der Waals surface area contributed by atoms with Crippen LogP contribution in [0.5, 0.6) is 5.75 Å². The highest BCUT2D eigenvalue weighted by Gasteiger charge is 2.27. The predicted octanol–water partition coefficient (Wildman–Crippen LogP) is 3.49. The van der Waals surface area contributed by atoms with Gasteiger partial charge in [0.2, 0.25) is 6.41 Å². The van der Waals surface area contributed by atoms with E-state index in [-0.39, 0.29) is 24.4 Å². The van der Waals surface area contributed by atoms with Crippen molar-refractivity contribution in [2.75, 3.05) is 13.2 Å². The Morgan fingerprint density at radius 2 is 2.00 bits per heavy atom. The molecule has 2 aromatic rings. The van der Waals surface area contributed by atoms with Gasteiger partial charge in [-0.15, -0.1) is 12.4 Å². The summed E-state index contributed by atoms with van der Waals surface area (Å²) >= 11 is 5.99. The van der Waals surface area contributed by atoms with Gasteiger partial charge in [-0.25, -0.2) is 0 Å². The highest BCUT2D eigenvalue weighted by Crippen LogP contribution is 2.36. The van der Waals surface area contributed by atoms with Crippen molar-refractivity contribution in [3.63, 3.8) is 0 Å². The zero-order valence-corrected chi connectivity index (χ0v) is 16.1. The first-order valence-corrected chi connectivity index (χ1v) is 8.98. The molecule has 140 valence electrons. The minimum atomic E-state index is 0. The van der Waals surface area contributed by atoms with Gasteiger partial charge in [-0.2, -0.15) is 0 Å². The number of benzene rings is 2. The summed E-state index contributed by atoms with van der Waals surface area (Å²) in [6.07, 6.45) is 3.56. The zero-order valence-electron chi connectivity index (χ0n) is 14.5. The molecule has 3 N–H and O–H groups in total. The number of halogens is 2. The SMILES string of the molecule is Cl.NC1CCc2ccc(OCCNC=O)cc2C1Cc1ccc(Cl)cc1. The van der Waals surface area contributed by atoms with Gasteiger partial charge in [-0.1, -0.05) is 29.8 Å². The van der Waals surface area contributed by atoms with E-state index in [0.29, 0.717) is 19.6 Å². The number of carbonyl (C=O) groups is 1. The third-order valence-corrected chi connectivity index (χ3v) is 5.00. The van der Waals surface area contributed by atoms with Gasteiger partial charge >= 0.3 is 0 Å². The van der Waals surface area contributed by atoms with E-state index in [9.17, 15) is 4.79 Å². The number of rotatable bonds is 7. The summed E-state index contributed by atoms with van der Waals surface area (Å²) in [5.74, 6) is 1.09. The largest absolute Gasteiger partial charge is 0.492 e. The Kier molecular flexibility index (Phi) is 7.76. The molecule has 0 aliphatic heterocycles. The standard InChI is InChI=1S/C20H23ClN2O2.ClH/c21-16-5-1-14(2-6-16)11-19-18-12-17(25-10-9-23-13-24)7-3-15(18)4-8-20(19)22;/h1-3,5-7,12-13,19-20H,4,8-11,22H2,(H,23,24);1H. The van der Waals surface area contributed by atoms with Crippen molar-refractivity contribution >= 4 is 30.4 Å². The van der Waals surface area contributed by atoms with E-state index in [1.807, 2.05) is 18.2 Å². The fourth-order valence-corrected chi connectivity index (χ4v) is 3.54. The van der Waals surface area contributed by atoms with E-state index >= 15 is 0 Å². The van der Waals surface area contributed by atoms with E-state index in [4.69, 9.17) is 22.1 Å². The van der Waals surface area contributed by atoms with E-state index < -0.39 is 0 Å². The molecular formula is C20H24Cl2N2O2. The normalized spacial score (nSPS) is 18.4. The average molecular weight is 395 g/mol. The van der Waals surface area contributed by atoms with E-state index in [2.05, 4.69) is 29.6 Å². The Hall–Kier alpha value is -1.75. The summed E-state index contributed by atoms with van der Waals surface area (Å²) in [5.41, 5.74) is 10.3. The van der Waals surface area contributed by atoms with Gasteiger partial charge in [0, 0.05) is 17.0 Å². The maximum atomic E-state index is 10.3. The lowest BCUT2D eigenvalue weighted by Crippen LogP contribution is -2.34. The number of aryl methyl sites for hydroxylation is 1. The molecule has 6 heteroatoms. The lowest BCUT2D eigenvalue weighted by atomic mass is 9.76. The molecule has 0 aromatic heterocycles. The van der Waals surface area contributed by atoms with Gasteiger partial charge in [0.1, 0.15) is 12.4 Å². The van der Waals surface area contributed by atoms with Crippen LogP contribution in [0.2, 0.25) is 5.02 Å². The molecular weight excluding hydrogens is 371 g/mol. The fraction of sp³-hybridized carbons (Fsp3) is 0.350. The minimum Gasteiger partial charge on any atom is -0.492 e. The average Bonchev–Trinajstić information content (AvgIpc) is 2.63. The van der Waals surface area contributed by atoms with Crippen LogP contribution in [0, 0.1) is 0 Å². The van der Waals surface area contributed by atoms with Crippen LogP contribution in [-0.4, -0.2) is 25.6 Å². The van der Waals surface area contributed by atoms with Crippen LogP contribution in [0.3, 0.4) is 0 Å². The Morgan fingerprint density at radius 3 is 2.73 bits per heavy atom. The molecule has 1 aliphatic carbocycles. The summed E-state index contributed by atoms with van der Waals surface area (Å²) in [6.45, 7) is 0.944. The quantitative estimate of drug-likeness (QED) is 0.557. The molecule has 0 fully saturated rings. The number of nitrogens with one attached hydrogen (secondary N) is 1. The second-order valence-corrected chi connectivity index (χ2v) is 6.86. The van der Waals surface area contributed by atoms with Crippen molar-refractivity contribution in [2.45, 2.75) is 31.2 Å². The van der Waals surface area contributed by atoms with Crippen molar-refractivity contribution in [3.8, 4) is 5.75 Å². The summed E-state index contributed by atoms with van der Waals surface area (Å²) in [4.78, 5) is 10.3. The van der Waals surface area contributed by atoms with Crippen molar-refractivity contribution < 1.29 is 9.53 Å². The first-order chi connectivity index (χ1) is 12.2. The van der Waals surface area contributed by atoms with Crippen LogP contribution in [0.1, 0.15) is 29.0 Å². The Balaban J connectivity index is 0.00000243. The molecule has 1 amide bonds. The molecule has 26 heavy (non-hydrogen) atoms. The highest BCUT2D eigenvalue weighted by atomic mass is 35.5. The highest BCUT2D eigenvalue weighted by molar-refractivity contribution is 6.30. The van der Waals surface area contributed by atoms with E-state index in [1.54, 1.807) is 0 Å². The summed E-state index contributed by atoms with van der Waals surface area (Å²) < 4.78 is 5.74. The van der Waals surface area contributed by atoms with Crippen LogP contribution >= 0.6 is 24.0 Å². The zero-order chi connectivity index (χ0) is 17.6. The Labute approximate surface area is 165 Å².